The van der Waals surface area contributed by atoms with E-state index in [0.717, 1.165) is 0 Å². The molecule has 0 fully saturated rings. The van der Waals surface area contributed by atoms with Crippen LogP contribution in [0, 0.1) is 0 Å². The minimum atomic E-state index is -0.337. The molecule has 0 aliphatic heterocycles. The number of rotatable bonds is 3. The quantitative estimate of drug-likeness (QED) is 0.847. The van der Waals surface area contributed by atoms with Gasteiger partial charge < -0.3 is 15.8 Å². The fourth-order valence-electron chi connectivity index (χ4n) is 1.68. The molecule has 0 spiro atoms. The van der Waals surface area contributed by atoms with Gasteiger partial charge in [-0.1, -0.05) is 23.2 Å². The number of nitrogens with two attached hydrogens (primary N) is 1. The molecule has 104 valence electrons. The van der Waals surface area contributed by atoms with Crippen LogP contribution < -0.4 is 15.8 Å². The fourth-order valence-corrected chi connectivity index (χ4v) is 2.18. The van der Waals surface area contributed by atoms with Crippen molar-refractivity contribution in [3.05, 3.63) is 52.0 Å². The maximum atomic E-state index is 12.1. The lowest BCUT2D eigenvalue weighted by Crippen LogP contribution is -2.12. The van der Waals surface area contributed by atoms with E-state index in [2.05, 4.69) is 5.32 Å². The first kappa shape index (κ1) is 14.5. The van der Waals surface area contributed by atoms with Gasteiger partial charge in [0.1, 0.15) is 5.75 Å². The molecule has 0 saturated carbocycles. The van der Waals surface area contributed by atoms with Crippen LogP contribution in [0.1, 0.15) is 10.4 Å². The van der Waals surface area contributed by atoms with Gasteiger partial charge in [0.15, 0.2) is 0 Å². The molecule has 3 N–H and O–H groups in total. The Morgan fingerprint density at radius 2 is 1.95 bits per heavy atom. The molecule has 0 unspecified atom stereocenters. The predicted octanol–water partition coefficient (Wildman–Crippen LogP) is 3.84. The van der Waals surface area contributed by atoms with Crippen molar-refractivity contribution >= 4 is 40.5 Å². The second-order valence-electron chi connectivity index (χ2n) is 4.04. The van der Waals surface area contributed by atoms with Gasteiger partial charge in [0, 0.05) is 10.7 Å². The number of carbonyl (C=O) groups excluding carboxylic acids is 1. The smallest absolute Gasteiger partial charge is 0.257 e. The van der Waals surface area contributed by atoms with Gasteiger partial charge >= 0.3 is 0 Å². The molecule has 2 rings (SSSR count). The number of hydrogen-bond acceptors (Lipinski definition) is 3. The van der Waals surface area contributed by atoms with Crippen molar-refractivity contribution < 1.29 is 9.53 Å². The minimum absolute atomic E-state index is 0.288. The summed E-state index contributed by atoms with van der Waals surface area (Å²) in [6, 6.07) is 9.66. The normalized spacial score (nSPS) is 10.2. The number of anilines is 2. The number of nitrogen functional groups attached to an aromatic ring is 1. The highest BCUT2D eigenvalue weighted by atomic mass is 35.5. The Morgan fingerprint density at radius 3 is 2.55 bits per heavy atom. The summed E-state index contributed by atoms with van der Waals surface area (Å²) < 4.78 is 5.05. The van der Waals surface area contributed by atoms with Crippen molar-refractivity contribution in [3.8, 4) is 5.75 Å². The monoisotopic (exact) mass is 310 g/mol. The van der Waals surface area contributed by atoms with Gasteiger partial charge in [-0.25, -0.2) is 0 Å². The zero-order valence-electron chi connectivity index (χ0n) is 10.6. The summed E-state index contributed by atoms with van der Waals surface area (Å²) in [6.45, 7) is 0. The molecule has 0 aromatic heterocycles. The van der Waals surface area contributed by atoms with Crippen LogP contribution in [0.3, 0.4) is 0 Å². The molecule has 0 bridgehead atoms. The molecule has 20 heavy (non-hydrogen) atoms. The van der Waals surface area contributed by atoms with Crippen molar-refractivity contribution in [3.63, 3.8) is 0 Å². The Bertz CT molecular complexity index is 660. The lowest BCUT2D eigenvalue weighted by molar-refractivity contribution is 0.102. The van der Waals surface area contributed by atoms with E-state index in [1.807, 2.05) is 0 Å². The number of halogens is 2. The van der Waals surface area contributed by atoms with Gasteiger partial charge in [0.25, 0.3) is 5.91 Å². The van der Waals surface area contributed by atoms with Crippen molar-refractivity contribution in [1.29, 1.82) is 0 Å². The third-order valence-corrected chi connectivity index (χ3v) is 3.21. The van der Waals surface area contributed by atoms with Gasteiger partial charge in [0.05, 0.1) is 23.4 Å². The van der Waals surface area contributed by atoms with Crippen LogP contribution in [0.2, 0.25) is 10.0 Å². The number of benzene rings is 2. The maximum Gasteiger partial charge on any atom is 0.257 e. The maximum absolute atomic E-state index is 12.1. The average molecular weight is 311 g/mol. The van der Waals surface area contributed by atoms with Crippen LogP contribution in [0.4, 0.5) is 11.4 Å². The number of methoxy groups -OCH3 is 1. The highest BCUT2D eigenvalue weighted by Crippen LogP contribution is 2.26. The first-order chi connectivity index (χ1) is 9.51. The summed E-state index contributed by atoms with van der Waals surface area (Å²) in [5.74, 6) is 0.212. The minimum Gasteiger partial charge on any atom is -0.495 e. The molecule has 0 aliphatic carbocycles. The van der Waals surface area contributed by atoms with E-state index in [9.17, 15) is 4.79 Å². The number of ether oxygens (including phenoxy) is 1. The van der Waals surface area contributed by atoms with E-state index in [4.69, 9.17) is 33.7 Å². The number of hydrogen-bond donors (Lipinski definition) is 2. The van der Waals surface area contributed by atoms with E-state index in [0.29, 0.717) is 27.7 Å². The van der Waals surface area contributed by atoms with E-state index >= 15 is 0 Å². The van der Waals surface area contributed by atoms with Crippen LogP contribution in [-0.4, -0.2) is 13.0 Å². The molecule has 1 amide bonds. The zero-order chi connectivity index (χ0) is 14.7. The van der Waals surface area contributed by atoms with Crippen molar-refractivity contribution in [2.24, 2.45) is 0 Å². The Morgan fingerprint density at radius 1 is 1.20 bits per heavy atom. The molecule has 0 atom stereocenters. The van der Waals surface area contributed by atoms with Gasteiger partial charge in [0.2, 0.25) is 0 Å². The second-order valence-corrected chi connectivity index (χ2v) is 4.88. The zero-order valence-corrected chi connectivity index (χ0v) is 12.1. The first-order valence-electron chi connectivity index (χ1n) is 5.71. The molecule has 6 heteroatoms. The third kappa shape index (κ3) is 3.15. The van der Waals surface area contributed by atoms with Crippen LogP contribution in [-0.2, 0) is 0 Å². The topological polar surface area (TPSA) is 64.3 Å². The summed E-state index contributed by atoms with van der Waals surface area (Å²) >= 11 is 11.8. The molecule has 0 radical (unpaired) electrons. The van der Waals surface area contributed by atoms with Crippen molar-refractivity contribution in [1.82, 2.24) is 0 Å². The lowest BCUT2D eigenvalue weighted by atomic mass is 10.2. The van der Waals surface area contributed by atoms with E-state index < -0.39 is 0 Å². The van der Waals surface area contributed by atoms with Crippen LogP contribution in [0.5, 0.6) is 5.75 Å². The molecule has 2 aromatic carbocycles. The SMILES string of the molecule is COc1ccc(NC(=O)c2ccc(Cl)cc2Cl)cc1N. The van der Waals surface area contributed by atoms with E-state index in [-0.39, 0.29) is 10.9 Å². The highest BCUT2D eigenvalue weighted by Gasteiger charge is 2.11. The van der Waals surface area contributed by atoms with Gasteiger partial charge in [-0.15, -0.1) is 0 Å². The van der Waals surface area contributed by atoms with E-state index in [1.54, 1.807) is 30.3 Å². The van der Waals surface area contributed by atoms with Gasteiger partial charge in [-0.2, -0.15) is 0 Å². The Hall–Kier alpha value is -1.91. The van der Waals surface area contributed by atoms with Crippen LogP contribution in [0.25, 0.3) is 0 Å². The van der Waals surface area contributed by atoms with Gasteiger partial charge in [-0.3, -0.25) is 4.79 Å². The lowest BCUT2D eigenvalue weighted by Gasteiger charge is -2.09. The molecule has 0 aliphatic rings. The van der Waals surface area contributed by atoms with Gasteiger partial charge in [-0.05, 0) is 36.4 Å². The Kier molecular flexibility index (Phi) is 4.37. The summed E-state index contributed by atoms with van der Waals surface area (Å²) in [7, 11) is 1.53. The Balaban J connectivity index is 2.21. The molecular formula is C14H12Cl2N2O2. The summed E-state index contributed by atoms with van der Waals surface area (Å²) in [4.78, 5) is 12.1. The van der Waals surface area contributed by atoms with Crippen molar-refractivity contribution in [2.75, 3.05) is 18.2 Å². The predicted molar refractivity (Wildman–Crippen MR) is 81.8 cm³/mol. The van der Waals surface area contributed by atoms with Crippen molar-refractivity contribution in [2.45, 2.75) is 0 Å². The molecule has 0 saturated heterocycles. The second kappa shape index (κ2) is 6.03. The molecule has 4 nitrogen and oxygen atoms in total. The first-order valence-corrected chi connectivity index (χ1v) is 6.47. The van der Waals surface area contributed by atoms with Crippen LogP contribution in [0.15, 0.2) is 36.4 Å². The molecule has 2 aromatic rings. The largest absolute Gasteiger partial charge is 0.495 e. The number of nitrogens with one attached hydrogen (secondary N) is 1. The number of carbonyl (C=O) groups is 1. The summed E-state index contributed by atoms with van der Waals surface area (Å²) in [5.41, 5.74) is 7.11. The summed E-state index contributed by atoms with van der Waals surface area (Å²) in [5, 5.41) is 3.47. The molecule has 0 heterocycles. The number of amides is 1. The third-order valence-electron chi connectivity index (χ3n) is 2.66. The Labute approximate surface area is 126 Å². The standard InChI is InChI=1S/C14H12Cl2N2O2/c1-20-13-5-3-9(7-12(13)17)18-14(19)10-4-2-8(15)6-11(10)16/h2-7H,17H2,1H3,(H,18,19). The fraction of sp³-hybridized carbons (Fsp3) is 0.0714. The average Bonchev–Trinajstić information content (AvgIpc) is 2.38. The van der Waals surface area contributed by atoms with Crippen LogP contribution >= 0.6 is 23.2 Å². The van der Waals surface area contributed by atoms with E-state index in [1.165, 1.54) is 13.2 Å². The molecular weight excluding hydrogens is 299 g/mol. The highest BCUT2D eigenvalue weighted by molar-refractivity contribution is 6.37. The summed E-state index contributed by atoms with van der Waals surface area (Å²) in [6.07, 6.45) is 0.